The average Bonchev–Trinajstić information content (AvgIpc) is 3.40. The van der Waals surface area contributed by atoms with E-state index in [9.17, 15) is 4.79 Å². The highest BCUT2D eigenvalue weighted by Gasteiger charge is 2.29. The van der Waals surface area contributed by atoms with Crippen molar-refractivity contribution in [2.24, 2.45) is 0 Å². The highest BCUT2D eigenvalue weighted by Crippen LogP contribution is 2.25. The number of nitrogens with zero attached hydrogens (tertiary/aromatic N) is 6. The molecule has 1 aromatic carbocycles. The minimum absolute atomic E-state index is 0.00650. The number of carbonyl (C=O) groups is 1. The van der Waals surface area contributed by atoms with Gasteiger partial charge in [0.15, 0.2) is 11.5 Å². The fourth-order valence-corrected chi connectivity index (χ4v) is 3.17. The maximum atomic E-state index is 12.6. The van der Waals surface area contributed by atoms with E-state index < -0.39 is 0 Å². The van der Waals surface area contributed by atoms with Crippen molar-refractivity contribution in [3.05, 3.63) is 46.9 Å². The van der Waals surface area contributed by atoms with Crippen LogP contribution in [-0.2, 0) is 0 Å². The third kappa shape index (κ3) is 3.57. The van der Waals surface area contributed by atoms with E-state index >= 15 is 0 Å². The standard InChI is InChI=1S/C18H19ClN6O2/c1-11(2)16-20-17(27-22-16)15-10-25(23-21-15)14-7-8-24(9-14)18(26)12-3-5-13(19)6-4-12/h3-6,10-11,14H,7-9H2,1-2H3. The molecule has 1 amide bonds. The molecule has 1 aliphatic heterocycles. The average molecular weight is 387 g/mol. The summed E-state index contributed by atoms with van der Waals surface area (Å²) < 4.78 is 7.03. The SMILES string of the molecule is CC(C)c1noc(-c2cn(C3CCN(C(=O)c4ccc(Cl)cc4)C3)nn2)n1. The van der Waals surface area contributed by atoms with Crippen LogP contribution in [0, 0.1) is 0 Å². The van der Waals surface area contributed by atoms with Gasteiger partial charge in [-0.15, -0.1) is 5.10 Å². The first-order valence-corrected chi connectivity index (χ1v) is 9.19. The lowest BCUT2D eigenvalue weighted by Crippen LogP contribution is -2.29. The number of rotatable bonds is 4. The summed E-state index contributed by atoms with van der Waals surface area (Å²) in [5.74, 6) is 1.17. The van der Waals surface area contributed by atoms with E-state index in [2.05, 4.69) is 20.5 Å². The number of carbonyl (C=O) groups excluding carboxylic acids is 1. The summed E-state index contributed by atoms with van der Waals surface area (Å²) in [6, 6.07) is 7.00. The minimum Gasteiger partial charge on any atom is -0.336 e. The van der Waals surface area contributed by atoms with Gasteiger partial charge in [-0.25, -0.2) is 4.68 Å². The van der Waals surface area contributed by atoms with Crippen LogP contribution in [0.15, 0.2) is 35.0 Å². The predicted molar refractivity (Wildman–Crippen MR) is 98.4 cm³/mol. The normalized spacial score (nSPS) is 17.0. The maximum Gasteiger partial charge on any atom is 0.280 e. The van der Waals surface area contributed by atoms with E-state index in [0.29, 0.717) is 41.1 Å². The third-order valence-electron chi connectivity index (χ3n) is 4.60. The molecule has 3 aromatic rings. The maximum absolute atomic E-state index is 12.6. The number of hydrogen-bond donors (Lipinski definition) is 0. The molecule has 3 heterocycles. The van der Waals surface area contributed by atoms with E-state index in [4.69, 9.17) is 16.1 Å². The smallest absolute Gasteiger partial charge is 0.280 e. The van der Waals surface area contributed by atoms with E-state index in [1.165, 1.54) is 0 Å². The topological polar surface area (TPSA) is 89.9 Å². The van der Waals surface area contributed by atoms with Gasteiger partial charge in [0, 0.05) is 29.6 Å². The quantitative estimate of drug-likeness (QED) is 0.684. The summed E-state index contributed by atoms with van der Waals surface area (Å²) in [4.78, 5) is 18.8. The fourth-order valence-electron chi connectivity index (χ4n) is 3.04. The Labute approximate surface area is 161 Å². The Hall–Kier alpha value is -2.74. The van der Waals surface area contributed by atoms with Gasteiger partial charge in [-0.2, -0.15) is 4.98 Å². The molecular weight excluding hydrogens is 368 g/mol. The van der Waals surface area contributed by atoms with E-state index in [-0.39, 0.29) is 17.9 Å². The Balaban J connectivity index is 1.45. The molecule has 2 aromatic heterocycles. The Morgan fingerprint density at radius 2 is 2.07 bits per heavy atom. The molecule has 27 heavy (non-hydrogen) atoms. The lowest BCUT2D eigenvalue weighted by atomic mass is 10.2. The van der Waals surface area contributed by atoms with Crippen molar-refractivity contribution < 1.29 is 9.32 Å². The number of hydrogen-bond acceptors (Lipinski definition) is 6. The van der Waals surface area contributed by atoms with Gasteiger partial charge in [-0.3, -0.25) is 4.79 Å². The Kier molecular flexibility index (Phi) is 4.65. The van der Waals surface area contributed by atoms with Gasteiger partial charge < -0.3 is 9.42 Å². The molecule has 0 aliphatic carbocycles. The molecule has 4 rings (SSSR count). The summed E-state index contributed by atoms with van der Waals surface area (Å²) in [7, 11) is 0. The number of aromatic nitrogens is 5. The van der Waals surface area contributed by atoms with Gasteiger partial charge in [0.25, 0.3) is 11.8 Å². The van der Waals surface area contributed by atoms with Crippen LogP contribution in [0.1, 0.15) is 48.4 Å². The first-order chi connectivity index (χ1) is 13.0. The Bertz CT molecular complexity index is 949. The van der Waals surface area contributed by atoms with Gasteiger partial charge in [-0.05, 0) is 30.7 Å². The molecule has 8 nitrogen and oxygen atoms in total. The molecular formula is C18H19ClN6O2. The number of amides is 1. The van der Waals surface area contributed by atoms with Crippen LogP contribution in [-0.4, -0.2) is 49.0 Å². The van der Waals surface area contributed by atoms with E-state index in [0.717, 1.165) is 6.42 Å². The van der Waals surface area contributed by atoms with Crippen molar-refractivity contribution in [1.29, 1.82) is 0 Å². The van der Waals surface area contributed by atoms with Gasteiger partial charge in [0.05, 0.1) is 12.2 Å². The first-order valence-electron chi connectivity index (χ1n) is 8.82. The fraction of sp³-hybridized carbons (Fsp3) is 0.389. The molecule has 1 aliphatic rings. The van der Waals surface area contributed by atoms with E-state index in [1.807, 2.05) is 18.7 Å². The zero-order chi connectivity index (χ0) is 19.0. The first kappa shape index (κ1) is 17.7. The van der Waals surface area contributed by atoms with Gasteiger partial charge in [0.2, 0.25) is 0 Å². The molecule has 0 spiro atoms. The van der Waals surface area contributed by atoms with Crippen molar-refractivity contribution in [3.8, 4) is 11.6 Å². The summed E-state index contributed by atoms with van der Waals surface area (Å²) in [6.45, 7) is 5.23. The van der Waals surface area contributed by atoms with Crippen molar-refractivity contribution in [2.45, 2.75) is 32.2 Å². The summed E-state index contributed by atoms with van der Waals surface area (Å²) in [5, 5.41) is 12.9. The molecule has 1 fully saturated rings. The molecule has 0 N–H and O–H groups in total. The summed E-state index contributed by atoms with van der Waals surface area (Å²) in [5.41, 5.74) is 1.17. The van der Waals surface area contributed by atoms with Gasteiger partial charge >= 0.3 is 0 Å². The number of benzene rings is 1. The van der Waals surface area contributed by atoms with Crippen molar-refractivity contribution in [3.63, 3.8) is 0 Å². The van der Waals surface area contributed by atoms with Crippen LogP contribution in [0.25, 0.3) is 11.6 Å². The molecule has 140 valence electrons. The molecule has 0 radical (unpaired) electrons. The highest BCUT2D eigenvalue weighted by atomic mass is 35.5. The van der Waals surface area contributed by atoms with Crippen LogP contribution in [0.5, 0.6) is 0 Å². The number of likely N-dealkylation sites (tertiary alicyclic amines) is 1. The monoisotopic (exact) mass is 386 g/mol. The second kappa shape index (κ2) is 7.11. The highest BCUT2D eigenvalue weighted by molar-refractivity contribution is 6.30. The lowest BCUT2D eigenvalue weighted by molar-refractivity contribution is 0.0787. The summed E-state index contributed by atoms with van der Waals surface area (Å²) >= 11 is 5.89. The van der Waals surface area contributed by atoms with Crippen molar-refractivity contribution >= 4 is 17.5 Å². The second-order valence-electron chi connectivity index (χ2n) is 6.90. The molecule has 1 saturated heterocycles. The van der Waals surface area contributed by atoms with Crippen molar-refractivity contribution in [1.82, 2.24) is 30.0 Å². The molecule has 0 saturated carbocycles. The molecule has 1 atom stereocenters. The molecule has 9 heteroatoms. The number of halogens is 1. The molecule has 0 bridgehead atoms. The summed E-state index contributed by atoms with van der Waals surface area (Å²) in [6.07, 6.45) is 2.60. The van der Waals surface area contributed by atoms with Crippen LogP contribution in [0.3, 0.4) is 0 Å². The van der Waals surface area contributed by atoms with Crippen LogP contribution in [0.2, 0.25) is 5.02 Å². The largest absolute Gasteiger partial charge is 0.336 e. The Morgan fingerprint density at radius 1 is 1.30 bits per heavy atom. The second-order valence-corrected chi connectivity index (χ2v) is 7.33. The van der Waals surface area contributed by atoms with Crippen molar-refractivity contribution in [2.75, 3.05) is 13.1 Å². The predicted octanol–water partition coefficient (Wildman–Crippen LogP) is 3.19. The zero-order valence-corrected chi connectivity index (χ0v) is 15.8. The third-order valence-corrected chi connectivity index (χ3v) is 4.86. The van der Waals surface area contributed by atoms with Crippen LogP contribution in [0.4, 0.5) is 0 Å². The molecule has 1 unspecified atom stereocenters. The minimum atomic E-state index is -0.00650. The zero-order valence-electron chi connectivity index (χ0n) is 15.0. The lowest BCUT2D eigenvalue weighted by Gasteiger charge is -2.16. The van der Waals surface area contributed by atoms with E-state index in [1.54, 1.807) is 35.1 Å². The van der Waals surface area contributed by atoms with Gasteiger partial charge in [0.1, 0.15) is 0 Å². The van der Waals surface area contributed by atoms with Crippen LogP contribution >= 0.6 is 11.6 Å². The van der Waals surface area contributed by atoms with Gasteiger partial charge in [-0.1, -0.05) is 35.8 Å². The Morgan fingerprint density at radius 3 is 2.78 bits per heavy atom. The van der Waals surface area contributed by atoms with Crippen LogP contribution < -0.4 is 0 Å².